The van der Waals surface area contributed by atoms with E-state index in [1.165, 1.54) is 12.1 Å². The van der Waals surface area contributed by atoms with Crippen molar-refractivity contribution in [2.45, 2.75) is 20.8 Å². The fraction of sp³-hybridized carbons (Fsp3) is 0.345. The van der Waals surface area contributed by atoms with Gasteiger partial charge in [0.05, 0.1) is 25.4 Å². The SMILES string of the molecule is CCOc1cc(C(=O)OCC(=O)c2cc(C)n(-c3ccccc3)c2C)ccc1OCC(=O)N1CCOCC1. The molecule has 38 heavy (non-hydrogen) atoms. The second-order valence-corrected chi connectivity index (χ2v) is 8.83. The smallest absolute Gasteiger partial charge is 0.338 e. The topological polar surface area (TPSA) is 96.3 Å². The fourth-order valence-corrected chi connectivity index (χ4v) is 4.38. The molecule has 4 rings (SSSR count). The number of benzene rings is 2. The lowest BCUT2D eigenvalue weighted by molar-refractivity contribution is -0.137. The summed E-state index contributed by atoms with van der Waals surface area (Å²) < 4.78 is 23.9. The van der Waals surface area contributed by atoms with Gasteiger partial charge in [-0.2, -0.15) is 0 Å². The van der Waals surface area contributed by atoms with Gasteiger partial charge < -0.3 is 28.4 Å². The first kappa shape index (κ1) is 26.9. The quantitative estimate of drug-likeness (QED) is 0.297. The molecule has 0 bridgehead atoms. The Bertz CT molecular complexity index is 1290. The van der Waals surface area contributed by atoms with Crippen molar-refractivity contribution in [3.05, 3.63) is 77.1 Å². The van der Waals surface area contributed by atoms with Crippen molar-refractivity contribution in [1.29, 1.82) is 0 Å². The highest BCUT2D eigenvalue weighted by Crippen LogP contribution is 2.29. The van der Waals surface area contributed by atoms with Crippen LogP contribution in [0.5, 0.6) is 11.5 Å². The molecule has 0 atom stereocenters. The number of amides is 1. The fourth-order valence-electron chi connectivity index (χ4n) is 4.38. The van der Waals surface area contributed by atoms with E-state index in [0.717, 1.165) is 17.1 Å². The average Bonchev–Trinajstić information content (AvgIpc) is 3.25. The van der Waals surface area contributed by atoms with Crippen LogP contribution < -0.4 is 9.47 Å². The molecule has 1 aliphatic rings. The molecule has 0 unspecified atom stereocenters. The summed E-state index contributed by atoms with van der Waals surface area (Å²) in [6.45, 7) is 7.46. The molecule has 0 N–H and O–H groups in total. The number of ketones is 1. The molecule has 2 heterocycles. The molecule has 1 aromatic heterocycles. The number of carbonyl (C=O) groups is 3. The Morgan fingerprint density at radius 1 is 0.895 bits per heavy atom. The second-order valence-electron chi connectivity index (χ2n) is 8.83. The van der Waals surface area contributed by atoms with Gasteiger partial charge in [-0.15, -0.1) is 0 Å². The van der Waals surface area contributed by atoms with Gasteiger partial charge in [-0.3, -0.25) is 9.59 Å². The molecule has 3 aromatic rings. The van der Waals surface area contributed by atoms with E-state index in [0.29, 0.717) is 50.0 Å². The van der Waals surface area contributed by atoms with E-state index < -0.39 is 12.6 Å². The number of morpholine rings is 1. The van der Waals surface area contributed by atoms with Gasteiger partial charge in [0.25, 0.3) is 5.91 Å². The number of Topliss-reactive ketones (excluding diaryl/α,β-unsaturated/α-hetero) is 1. The van der Waals surface area contributed by atoms with Crippen LogP contribution in [0.4, 0.5) is 0 Å². The molecule has 1 amide bonds. The zero-order valence-corrected chi connectivity index (χ0v) is 21.9. The summed E-state index contributed by atoms with van der Waals surface area (Å²) in [5, 5.41) is 0. The van der Waals surface area contributed by atoms with E-state index in [1.807, 2.05) is 48.7 Å². The van der Waals surface area contributed by atoms with Crippen LogP contribution in [0.1, 0.15) is 39.0 Å². The van der Waals surface area contributed by atoms with E-state index in [-0.39, 0.29) is 23.9 Å². The number of carbonyl (C=O) groups excluding carboxylic acids is 3. The molecule has 0 saturated carbocycles. The van der Waals surface area contributed by atoms with E-state index in [2.05, 4.69) is 0 Å². The molecule has 1 aliphatic heterocycles. The number of aromatic nitrogens is 1. The second kappa shape index (κ2) is 12.4. The number of nitrogens with zero attached hydrogens (tertiary/aromatic N) is 2. The zero-order valence-electron chi connectivity index (χ0n) is 21.9. The normalized spacial score (nSPS) is 13.2. The first-order valence-corrected chi connectivity index (χ1v) is 12.6. The van der Waals surface area contributed by atoms with Crippen molar-refractivity contribution >= 4 is 17.7 Å². The summed E-state index contributed by atoms with van der Waals surface area (Å²) in [4.78, 5) is 39.8. The first-order valence-electron chi connectivity index (χ1n) is 12.6. The maximum absolute atomic E-state index is 12.9. The lowest BCUT2D eigenvalue weighted by atomic mass is 10.1. The molecule has 0 radical (unpaired) electrons. The van der Waals surface area contributed by atoms with Gasteiger partial charge in [-0.05, 0) is 57.2 Å². The maximum atomic E-state index is 12.9. The Morgan fingerprint density at radius 2 is 1.63 bits per heavy atom. The molecule has 0 spiro atoms. The Morgan fingerprint density at radius 3 is 2.34 bits per heavy atom. The zero-order chi connectivity index (χ0) is 27.1. The number of rotatable bonds is 10. The summed E-state index contributed by atoms with van der Waals surface area (Å²) in [5.74, 6) is -0.444. The minimum absolute atomic E-state index is 0.149. The third-order valence-corrected chi connectivity index (χ3v) is 6.27. The molecule has 1 fully saturated rings. The summed E-state index contributed by atoms with van der Waals surface area (Å²) in [7, 11) is 0. The van der Waals surface area contributed by atoms with E-state index in [9.17, 15) is 14.4 Å². The number of hydrogen-bond acceptors (Lipinski definition) is 7. The van der Waals surface area contributed by atoms with Crippen LogP contribution in [0, 0.1) is 13.8 Å². The maximum Gasteiger partial charge on any atom is 0.338 e. The lowest BCUT2D eigenvalue weighted by Gasteiger charge is -2.26. The van der Waals surface area contributed by atoms with Crippen molar-refractivity contribution in [3.63, 3.8) is 0 Å². The predicted octanol–water partition coefficient (Wildman–Crippen LogP) is 3.77. The van der Waals surface area contributed by atoms with E-state index in [4.69, 9.17) is 18.9 Å². The van der Waals surface area contributed by atoms with Crippen molar-refractivity contribution in [1.82, 2.24) is 9.47 Å². The lowest BCUT2D eigenvalue weighted by Crippen LogP contribution is -2.43. The summed E-state index contributed by atoms with van der Waals surface area (Å²) in [6.07, 6.45) is 0. The highest BCUT2D eigenvalue weighted by Gasteiger charge is 2.21. The average molecular weight is 521 g/mol. The number of ether oxygens (including phenoxy) is 4. The van der Waals surface area contributed by atoms with Gasteiger partial charge >= 0.3 is 5.97 Å². The summed E-state index contributed by atoms with van der Waals surface area (Å²) in [5.41, 5.74) is 3.36. The number of esters is 1. The highest BCUT2D eigenvalue weighted by molar-refractivity contribution is 6.00. The van der Waals surface area contributed by atoms with Gasteiger partial charge in [0.1, 0.15) is 0 Å². The Labute approximate surface area is 221 Å². The van der Waals surface area contributed by atoms with Gasteiger partial charge in [0.2, 0.25) is 5.78 Å². The van der Waals surface area contributed by atoms with E-state index >= 15 is 0 Å². The van der Waals surface area contributed by atoms with Crippen LogP contribution in [-0.2, 0) is 14.3 Å². The molecule has 2 aromatic carbocycles. The monoisotopic (exact) mass is 520 g/mol. The van der Waals surface area contributed by atoms with Gasteiger partial charge in [0.15, 0.2) is 24.7 Å². The van der Waals surface area contributed by atoms with Crippen molar-refractivity contribution in [2.75, 3.05) is 46.1 Å². The van der Waals surface area contributed by atoms with Crippen molar-refractivity contribution < 1.29 is 33.3 Å². The molecule has 0 aliphatic carbocycles. The minimum Gasteiger partial charge on any atom is -0.490 e. The number of aryl methyl sites for hydroxylation is 1. The predicted molar refractivity (Wildman–Crippen MR) is 140 cm³/mol. The third kappa shape index (κ3) is 6.23. The number of hydrogen-bond donors (Lipinski definition) is 0. The Kier molecular flexibility index (Phi) is 8.81. The van der Waals surface area contributed by atoms with Gasteiger partial charge in [-0.25, -0.2) is 4.79 Å². The summed E-state index contributed by atoms with van der Waals surface area (Å²) >= 11 is 0. The van der Waals surface area contributed by atoms with Gasteiger partial charge in [-0.1, -0.05) is 18.2 Å². The van der Waals surface area contributed by atoms with Crippen LogP contribution in [0.3, 0.4) is 0 Å². The first-order chi connectivity index (χ1) is 18.4. The highest BCUT2D eigenvalue weighted by atomic mass is 16.5. The van der Waals surface area contributed by atoms with Crippen LogP contribution in [-0.4, -0.2) is 73.3 Å². The molecular weight excluding hydrogens is 488 g/mol. The minimum atomic E-state index is -0.660. The molecular formula is C29H32N2O7. The van der Waals surface area contributed by atoms with Crippen LogP contribution >= 0.6 is 0 Å². The summed E-state index contributed by atoms with van der Waals surface area (Å²) in [6, 6.07) is 16.1. The van der Waals surface area contributed by atoms with E-state index in [1.54, 1.807) is 24.0 Å². The largest absolute Gasteiger partial charge is 0.490 e. The standard InChI is InChI=1S/C29H32N2O7/c1-4-36-27-17-22(10-11-26(27)37-19-28(33)30-12-14-35-15-13-30)29(34)38-18-25(32)24-16-20(2)31(21(24)3)23-8-6-5-7-9-23/h5-11,16-17H,4,12-15,18-19H2,1-3H3. The Balaban J connectivity index is 1.39. The molecule has 1 saturated heterocycles. The Hall–Kier alpha value is -4.11. The van der Waals surface area contributed by atoms with Crippen LogP contribution in [0.2, 0.25) is 0 Å². The van der Waals surface area contributed by atoms with Crippen molar-refractivity contribution in [3.8, 4) is 17.2 Å². The molecule has 9 heteroatoms. The molecule has 9 nitrogen and oxygen atoms in total. The third-order valence-electron chi connectivity index (χ3n) is 6.27. The van der Waals surface area contributed by atoms with Crippen molar-refractivity contribution in [2.24, 2.45) is 0 Å². The number of para-hydroxylation sites is 1. The van der Waals surface area contributed by atoms with Gasteiger partial charge in [0, 0.05) is 35.7 Å². The van der Waals surface area contributed by atoms with Crippen LogP contribution in [0.25, 0.3) is 5.69 Å². The molecule has 200 valence electrons. The van der Waals surface area contributed by atoms with Crippen LogP contribution in [0.15, 0.2) is 54.6 Å².